The average molecular weight is 512 g/mol. The van der Waals surface area contributed by atoms with Crippen molar-refractivity contribution in [3.63, 3.8) is 0 Å². The van der Waals surface area contributed by atoms with Gasteiger partial charge < -0.3 is 10.2 Å². The molecule has 2 N–H and O–H groups in total. The van der Waals surface area contributed by atoms with Gasteiger partial charge in [-0.2, -0.15) is 15.4 Å². The molecule has 1 aromatic carbocycles. The molecule has 4 heterocycles. The molecule has 4 aromatic rings. The fourth-order valence-corrected chi connectivity index (χ4v) is 4.73. The number of halogens is 3. The van der Waals surface area contributed by atoms with E-state index in [0.29, 0.717) is 24.0 Å². The number of aryl methyl sites for hydroxylation is 1. The molecule has 13 heteroatoms. The first-order chi connectivity index (χ1) is 17.8. The molecule has 192 valence electrons. The van der Waals surface area contributed by atoms with Crippen LogP contribution in [0.15, 0.2) is 41.6 Å². The van der Waals surface area contributed by atoms with Gasteiger partial charge in [-0.3, -0.25) is 14.2 Å². The zero-order valence-electron chi connectivity index (χ0n) is 20.0. The number of aromatic nitrogens is 6. The molecular weight excluding hydrogens is 489 g/mol. The third kappa shape index (κ3) is 4.30. The fraction of sp³-hybridized carbons (Fsp3) is 0.333. The summed E-state index contributed by atoms with van der Waals surface area (Å²) in [6.07, 6.45) is 1.25. The van der Waals surface area contributed by atoms with Crippen molar-refractivity contribution in [1.29, 1.82) is 0 Å². The summed E-state index contributed by atoms with van der Waals surface area (Å²) in [4.78, 5) is 36.7. The number of amides is 1. The Kier molecular flexibility index (Phi) is 6.36. The summed E-state index contributed by atoms with van der Waals surface area (Å²) in [6, 6.07) is 4.14. The van der Waals surface area contributed by atoms with E-state index in [1.54, 1.807) is 18.0 Å². The van der Waals surface area contributed by atoms with Crippen molar-refractivity contribution in [2.75, 3.05) is 11.9 Å². The maximum absolute atomic E-state index is 14.7. The van der Waals surface area contributed by atoms with Crippen LogP contribution in [0.3, 0.4) is 0 Å². The van der Waals surface area contributed by atoms with Crippen LogP contribution < -0.4 is 10.9 Å². The summed E-state index contributed by atoms with van der Waals surface area (Å²) in [5, 5.41) is 13.8. The van der Waals surface area contributed by atoms with Crippen LogP contribution in [0.4, 0.5) is 19.0 Å². The number of fused-ring (bicyclic) bond motifs is 1. The normalized spacial score (nSPS) is 16.5. The lowest BCUT2D eigenvalue weighted by Gasteiger charge is -2.23. The number of hydrogen-bond donors (Lipinski definition) is 2. The first kappa shape index (κ1) is 24.4. The number of pyridine rings is 1. The van der Waals surface area contributed by atoms with Gasteiger partial charge in [-0.05, 0) is 25.8 Å². The molecule has 1 amide bonds. The minimum atomic E-state index is -2.96. The largest absolute Gasteiger partial charge is 0.363 e. The van der Waals surface area contributed by atoms with E-state index in [1.165, 1.54) is 36.1 Å². The van der Waals surface area contributed by atoms with Crippen LogP contribution in [0.2, 0.25) is 0 Å². The van der Waals surface area contributed by atoms with Gasteiger partial charge >= 0.3 is 0 Å². The molecular formula is C24H23F3N8O2. The molecule has 5 rings (SSSR count). The second-order valence-corrected chi connectivity index (χ2v) is 8.85. The van der Waals surface area contributed by atoms with Crippen LogP contribution in [0, 0.1) is 5.82 Å². The number of carbonyl (C=O) groups is 1. The molecule has 2 atom stereocenters. The number of carbonyl (C=O) groups excluding carboxylic acids is 1. The van der Waals surface area contributed by atoms with E-state index >= 15 is 0 Å². The summed E-state index contributed by atoms with van der Waals surface area (Å²) in [5.74, 6) is -1.25. The number of benzene rings is 1. The van der Waals surface area contributed by atoms with Crippen LogP contribution in [-0.2, 0) is 7.05 Å². The van der Waals surface area contributed by atoms with Crippen molar-refractivity contribution < 1.29 is 18.0 Å². The molecule has 0 spiro atoms. The Morgan fingerprint density at radius 1 is 1.24 bits per heavy atom. The maximum Gasteiger partial charge on any atom is 0.266 e. The van der Waals surface area contributed by atoms with Gasteiger partial charge in [0.1, 0.15) is 34.9 Å². The molecule has 37 heavy (non-hydrogen) atoms. The quantitative estimate of drug-likeness (QED) is 0.404. The molecule has 0 aliphatic carbocycles. The highest BCUT2D eigenvalue weighted by Gasteiger charge is 2.34. The number of rotatable bonds is 6. The van der Waals surface area contributed by atoms with Gasteiger partial charge in [-0.1, -0.05) is 18.2 Å². The smallest absolute Gasteiger partial charge is 0.266 e. The SMILES string of the molecule is C[C@@H](Nc1ncnc2c1cc(C(=O)N1CCC[C@@H]1c1cn[nH]n1)c(=O)n2C)c1cccc(C(F)F)c1F. The number of nitrogens with one attached hydrogen (secondary N) is 2. The Hall–Kier alpha value is -4.29. The standard InChI is InChI=1S/C24H23F3N8O2/c1-12(13-5-3-6-14(19(13)25)20(26)27)31-21-15-9-16(23(36)34(2)22(15)29-11-28-21)24(37)35-8-4-7-18(35)17-10-30-33-32-17/h3,5-6,9-12,18,20H,4,7-8H2,1-2H3,(H,28,29,31)(H,30,32,33)/t12-,18-/m1/s1. The first-order valence-corrected chi connectivity index (χ1v) is 11.6. The number of anilines is 1. The van der Waals surface area contributed by atoms with Gasteiger partial charge in [0.2, 0.25) is 0 Å². The second kappa shape index (κ2) is 9.64. The number of H-pyrrole nitrogens is 1. The third-order valence-electron chi connectivity index (χ3n) is 6.64. The van der Waals surface area contributed by atoms with E-state index in [0.717, 1.165) is 12.5 Å². The van der Waals surface area contributed by atoms with Gasteiger partial charge in [0.05, 0.1) is 29.2 Å². The zero-order chi connectivity index (χ0) is 26.3. The van der Waals surface area contributed by atoms with Crippen molar-refractivity contribution in [1.82, 2.24) is 34.8 Å². The Labute approximate surface area is 208 Å². The van der Waals surface area contributed by atoms with Crippen LogP contribution in [0.25, 0.3) is 11.0 Å². The number of hydrogen-bond acceptors (Lipinski definition) is 7. The number of alkyl halides is 2. The number of likely N-dealkylation sites (tertiary alicyclic amines) is 1. The van der Waals surface area contributed by atoms with Crippen LogP contribution in [-0.4, -0.2) is 47.3 Å². The topological polar surface area (TPSA) is 122 Å². The molecule has 0 unspecified atom stereocenters. The Morgan fingerprint density at radius 3 is 2.76 bits per heavy atom. The van der Waals surface area contributed by atoms with Gasteiger partial charge in [-0.25, -0.2) is 23.1 Å². The summed E-state index contributed by atoms with van der Waals surface area (Å²) in [5.41, 5.74) is -0.420. The maximum atomic E-state index is 14.7. The Bertz CT molecular complexity index is 1520. The van der Waals surface area contributed by atoms with E-state index in [1.807, 2.05) is 0 Å². The Balaban J connectivity index is 1.53. The van der Waals surface area contributed by atoms with E-state index < -0.39 is 35.3 Å². The lowest BCUT2D eigenvalue weighted by atomic mass is 10.0. The van der Waals surface area contributed by atoms with E-state index in [-0.39, 0.29) is 28.6 Å². The molecule has 3 aromatic heterocycles. The first-order valence-electron chi connectivity index (χ1n) is 11.6. The summed E-state index contributed by atoms with van der Waals surface area (Å²) in [6.45, 7) is 2.05. The third-order valence-corrected chi connectivity index (χ3v) is 6.64. The Morgan fingerprint density at radius 2 is 2.03 bits per heavy atom. The van der Waals surface area contributed by atoms with Crippen molar-refractivity contribution in [2.45, 2.75) is 38.3 Å². The zero-order valence-corrected chi connectivity index (χ0v) is 20.0. The minimum absolute atomic E-state index is 0.0261. The number of aromatic amines is 1. The lowest BCUT2D eigenvalue weighted by molar-refractivity contribution is 0.0730. The molecule has 1 saturated heterocycles. The van der Waals surface area contributed by atoms with Crippen molar-refractivity contribution in [2.24, 2.45) is 7.05 Å². The average Bonchev–Trinajstić information content (AvgIpc) is 3.58. The summed E-state index contributed by atoms with van der Waals surface area (Å²) >= 11 is 0. The highest BCUT2D eigenvalue weighted by atomic mass is 19.3. The molecule has 10 nitrogen and oxygen atoms in total. The predicted octanol–water partition coefficient (Wildman–Crippen LogP) is 3.67. The molecule has 0 radical (unpaired) electrons. The molecule has 1 aliphatic heterocycles. The second-order valence-electron chi connectivity index (χ2n) is 8.85. The molecule has 1 fully saturated rings. The molecule has 1 aliphatic rings. The summed E-state index contributed by atoms with van der Waals surface area (Å²) in [7, 11) is 1.49. The van der Waals surface area contributed by atoms with E-state index in [9.17, 15) is 22.8 Å². The van der Waals surface area contributed by atoms with Gasteiger partial charge in [0.25, 0.3) is 17.9 Å². The van der Waals surface area contributed by atoms with Gasteiger partial charge in [0.15, 0.2) is 0 Å². The minimum Gasteiger partial charge on any atom is -0.363 e. The van der Waals surface area contributed by atoms with Crippen LogP contribution in [0.1, 0.15) is 65.5 Å². The van der Waals surface area contributed by atoms with Gasteiger partial charge in [0, 0.05) is 19.2 Å². The van der Waals surface area contributed by atoms with Crippen molar-refractivity contribution in [3.05, 3.63) is 75.3 Å². The van der Waals surface area contributed by atoms with Crippen molar-refractivity contribution in [3.8, 4) is 0 Å². The monoisotopic (exact) mass is 512 g/mol. The van der Waals surface area contributed by atoms with Crippen LogP contribution >= 0.6 is 0 Å². The lowest BCUT2D eigenvalue weighted by Crippen LogP contribution is -2.36. The predicted molar refractivity (Wildman–Crippen MR) is 128 cm³/mol. The van der Waals surface area contributed by atoms with E-state index in [4.69, 9.17) is 0 Å². The van der Waals surface area contributed by atoms with E-state index in [2.05, 4.69) is 30.7 Å². The molecule has 0 saturated carbocycles. The van der Waals surface area contributed by atoms with Gasteiger partial charge in [-0.15, -0.1) is 0 Å². The van der Waals surface area contributed by atoms with Crippen LogP contribution in [0.5, 0.6) is 0 Å². The highest BCUT2D eigenvalue weighted by molar-refractivity contribution is 5.99. The number of nitrogens with zero attached hydrogens (tertiary/aromatic N) is 6. The van der Waals surface area contributed by atoms with Crippen molar-refractivity contribution >= 4 is 22.8 Å². The summed E-state index contributed by atoms with van der Waals surface area (Å²) < 4.78 is 42.4. The fourth-order valence-electron chi connectivity index (χ4n) is 4.73. The molecule has 0 bridgehead atoms. The highest BCUT2D eigenvalue weighted by Crippen LogP contribution is 2.33.